The maximum atomic E-state index is 13.3. The Bertz CT molecular complexity index is 1060. The van der Waals surface area contributed by atoms with Crippen LogP contribution in [0.3, 0.4) is 0 Å². The van der Waals surface area contributed by atoms with Gasteiger partial charge in [0, 0.05) is 18.5 Å². The summed E-state index contributed by atoms with van der Waals surface area (Å²) in [6.45, 7) is -0.508. The van der Waals surface area contributed by atoms with Gasteiger partial charge < -0.3 is 23.8 Å². The van der Waals surface area contributed by atoms with E-state index in [0.29, 0.717) is 18.5 Å². The number of fused-ring (bicyclic) bond motifs is 1. The highest BCUT2D eigenvalue weighted by molar-refractivity contribution is 6.38. The summed E-state index contributed by atoms with van der Waals surface area (Å²) in [4.78, 5) is 14.9. The van der Waals surface area contributed by atoms with Gasteiger partial charge in [0.2, 0.25) is 0 Å². The van der Waals surface area contributed by atoms with Crippen LogP contribution >= 0.6 is 0 Å². The maximum Gasteiger partial charge on any atom is 0.522 e. The number of amides is 1. The molecular formula is C23H22B2F3NO6. The molecule has 0 unspecified atom stereocenters. The van der Waals surface area contributed by atoms with Crippen molar-refractivity contribution in [3.8, 4) is 11.5 Å². The molecule has 4 rings (SSSR count). The Hall–Kier alpha value is -2.69. The van der Waals surface area contributed by atoms with Gasteiger partial charge >= 0.3 is 6.36 Å². The van der Waals surface area contributed by atoms with Crippen molar-refractivity contribution in [3.05, 3.63) is 59.7 Å². The van der Waals surface area contributed by atoms with Crippen LogP contribution < -0.4 is 9.47 Å². The van der Waals surface area contributed by atoms with Crippen molar-refractivity contribution >= 4 is 21.6 Å². The zero-order chi connectivity index (χ0) is 25.3. The second-order valence-electron chi connectivity index (χ2n) is 8.19. The molecule has 0 aliphatic carbocycles. The maximum absolute atomic E-state index is 13.3. The second kappa shape index (κ2) is 9.75. The van der Waals surface area contributed by atoms with Crippen LogP contribution in [0.1, 0.15) is 22.3 Å². The number of likely N-dealkylation sites (tertiary alicyclic amines) is 1. The molecule has 0 spiro atoms. The smallest absolute Gasteiger partial charge is 0.493 e. The first-order valence-corrected chi connectivity index (χ1v) is 10.8. The SMILES string of the molecule is [B]C1([B])O[C@@H]2CN(C(=O)c3ccc(OCCOC(F)(F)F)c(OC)c3)CC[C@]2(c2ccccc2)O1. The monoisotopic (exact) mass is 487 g/mol. The molecule has 182 valence electrons. The Balaban J connectivity index is 1.46. The van der Waals surface area contributed by atoms with Crippen LogP contribution in [-0.4, -0.2) is 78.0 Å². The highest BCUT2D eigenvalue weighted by atomic mass is 19.4. The molecule has 0 aromatic heterocycles. The minimum Gasteiger partial charge on any atom is -0.493 e. The van der Waals surface area contributed by atoms with Crippen LogP contribution in [0.2, 0.25) is 0 Å². The fourth-order valence-electron chi connectivity index (χ4n) is 4.39. The molecule has 0 saturated carbocycles. The van der Waals surface area contributed by atoms with E-state index >= 15 is 0 Å². The van der Waals surface area contributed by atoms with E-state index in [-0.39, 0.29) is 30.6 Å². The van der Waals surface area contributed by atoms with Crippen molar-refractivity contribution in [3.63, 3.8) is 0 Å². The first-order chi connectivity index (χ1) is 16.5. The molecule has 2 fully saturated rings. The zero-order valence-corrected chi connectivity index (χ0v) is 18.9. The van der Waals surface area contributed by atoms with Gasteiger partial charge in [-0.2, -0.15) is 0 Å². The van der Waals surface area contributed by atoms with Crippen LogP contribution in [0.25, 0.3) is 0 Å². The van der Waals surface area contributed by atoms with Crippen LogP contribution in [0.4, 0.5) is 13.2 Å². The fourth-order valence-corrected chi connectivity index (χ4v) is 4.39. The molecule has 35 heavy (non-hydrogen) atoms. The third-order valence-electron chi connectivity index (χ3n) is 5.89. The summed E-state index contributed by atoms with van der Waals surface area (Å²) in [5, 5.41) is 0. The minimum atomic E-state index is -4.74. The lowest BCUT2D eigenvalue weighted by Crippen LogP contribution is -2.53. The third-order valence-corrected chi connectivity index (χ3v) is 5.89. The van der Waals surface area contributed by atoms with Gasteiger partial charge in [0.05, 0.1) is 25.8 Å². The van der Waals surface area contributed by atoms with Crippen LogP contribution in [0, 0.1) is 0 Å². The van der Waals surface area contributed by atoms with Gasteiger partial charge in [0.25, 0.3) is 5.91 Å². The average Bonchev–Trinajstić information content (AvgIpc) is 3.11. The molecule has 1 amide bonds. The highest BCUT2D eigenvalue weighted by Crippen LogP contribution is 2.47. The molecule has 0 N–H and O–H groups in total. The highest BCUT2D eigenvalue weighted by Gasteiger charge is 2.56. The summed E-state index contributed by atoms with van der Waals surface area (Å²) in [7, 11) is 13.3. The molecule has 7 nitrogen and oxygen atoms in total. The molecule has 2 saturated heterocycles. The van der Waals surface area contributed by atoms with Crippen molar-refractivity contribution < 1.29 is 41.7 Å². The number of carbonyl (C=O) groups is 1. The number of halogens is 3. The number of benzene rings is 2. The Morgan fingerprint density at radius 2 is 1.89 bits per heavy atom. The number of hydrogen-bond donors (Lipinski definition) is 0. The predicted molar refractivity (Wildman–Crippen MR) is 119 cm³/mol. The van der Waals surface area contributed by atoms with Crippen LogP contribution in [0.5, 0.6) is 11.5 Å². The Morgan fingerprint density at radius 3 is 2.57 bits per heavy atom. The van der Waals surface area contributed by atoms with E-state index in [9.17, 15) is 18.0 Å². The molecule has 2 atom stereocenters. The van der Waals surface area contributed by atoms with E-state index < -0.39 is 30.3 Å². The molecule has 0 bridgehead atoms. The number of methoxy groups -OCH3 is 1. The predicted octanol–water partition coefficient (Wildman–Crippen LogP) is 2.72. The number of hydrogen-bond acceptors (Lipinski definition) is 6. The Morgan fingerprint density at radius 1 is 1.14 bits per heavy atom. The van der Waals surface area contributed by atoms with Gasteiger partial charge in [-0.1, -0.05) is 30.3 Å². The number of rotatable bonds is 7. The lowest BCUT2D eigenvalue weighted by Gasteiger charge is -2.42. The number of piperidine rings is 1. The summed E-state index contributed by atoms with van der Waals surface area (Å²) < 4.78 is 62.3. The fraction of sp³-hybridized carbons (Fsp3) is 0.435. The third kappa shape index (κ3) is 5.60. The van der Waals surface area contributed by atoms with Gasteiger partial charge in [0.1, 0.15) is 34.0 Å². The first-order valence-electron chi connectivity index (χ1n) is 10.8. The van der Waals surface area contributed by atoms with Crippen molar-refractivity contribution in [1.29, 1.82) is 0 Å². The lowest BCUT2D eigenvalue weighted by molar-refractivity contribution is -0.325. The van der Waals surface area contributed by atoms with Gasteiger partial charge in [0.15, 0.2) is 11.5 Å². The summed E-state index contributed by atoms with van der Waals surface area (Å²) in [5.74, 6) is 0.0779. The molecule has 2 aliphatic rings. The lowest BCUT2D eigenvalue weighted by atomic mass is 9.76. The van der Waals surface area contributed by atoms with Crippen molar-refractivity contribution in [1.82, 2.24) is 4.90 Å². The number of ether oxygens (including phenoxy) is 5. The van der Waals surface area contributed by atoms with E-state index in [1.165, 1.54) is 25.3 Å². The van der Waals surface area contributed by atoms with Crippen LogP contribution in [0.15, 0.2) is 48.5 Å². The summed E-state index contributed by atoms with van der Waals surface area (Å²) >= 11 is 0. The number of alkyl halides is 3. The van der Waals surface area contributed by atoms with Crippen molar-refractivity contribution in [2.24, 2.45) is 0 Å². The Kier molecular flexibility index (Phi) is 7.08. The summed E-state index contributed by atoms with van der Waals surface area (Å²) in [5.41, 5.74) is -1.53. The van der Waals surface area contributed by atoms with Gasteiger partial charge in [-0.05, 0) is 23.8 Å². The average molecular weight is 487 g/mol. The van der Waals surface area contributed by atoms with Gasteiger partial charge in [-0.3, -0.25) is 9.53 Å². The summed E-state index contributed by atoms with van der Waals surface area (Å²) in [6, 6.07) is 13.9. The largest absolute Gasteiger partial charge is 0.522 e. The molecule has 2 aromatic rings. The Labute approximate surface area is 203 Å². The molecule has 2 aliphatic heterocycles. The van der Waals surface area contributed by atoms with E-state index in [2.05, 4.69) is 4.74 Å². The van der Waals surface area contributed by atoms with Crippen molar-refractivity contribution in [2.75, 3.05) is 33.4 Å². The van der Waals surface area contributed by atoms with Gasteiger partial charge in [-0.15, -0.1) is 13.2 Å². The number of nitrogens with zero attached hydrogens (tertiary/aromatic N) is 1. The van der Waals surface area contributed by atoms with Gasteiger partial charge in [-0.25, -0.2) is 0 Å². The van der Waals surface area contributed by atoms with E-state index in [0.717, 1.165) is 5.56 Å². The van der Waals surface area contributed by atoms with E-state index in [1.807, 2.05) is 30.3 Å². The molecule has 2 aromatic carbocycles. The zero-order valence-electron chi connectivity index (χ0n) is 18.9. The summed E-state index contributed by atoms with van der Waals surface area (Å²) in [6.07, 6.45) is -4.94. The minimum absolute atomic E-state index is 0.180. The van der Waals surface area contributed by atoms with Crippen LogP contribution in [-0.2, 0) is 19.8 Å². The normalized spacial score (nSPS) is 23.5. The number of carbonyl (C=O) groups excluding carboxylic acids is 1. The topological polar surface area (TPSA) is 66.5 Å². The molecule has 12 heteroatoms. The molecular weight excluding hydrogens is 465 g/mol. The molecule has 2 heterocycles. The second-order valence-corrected chi connectivity index (χ2v) is 8.19. The molecule has 4 radical (unpaired) electrons. The first kappa shape index (κ1) is 25.4. The van der Waals surface area contributed by atoms with E-state index in [4.69, 9.17) is 34.6 Å². The standard InChI is InChI=1S/C23H22B2F3NO6/c1-31-18-13-15(7-8-17(18)32-11-12-33-23(26,27)28)20(30)29-10-9-21(16-5-3-2-4-6-16)19(14-29)34-22(24,25)35-21/h2-8,13,19H,9-12,14H2,1H3/t19-,21-/m1/s1. The quantitative estimate of drug-likeness (QED) is 0.443. The van der Waals surface area contributed by atoms with E-state index in [1.54, 1.807) is 4.90 Å². The van der Waals surface area contributed by atoms with Crippen molar-refractivity contribution in [2.45, 2.75) is 30.1 Å².